The number of hydrogen-bond acceptors (Lipinski definition) is 6. The summed E-state index contributed by atoms with van der Waals surface area (Å²) in [6.45, 7) is 14.2. The van der Waals surface area contributed by atoms with Crippen molar-refractivity contribution in [3.63, 3.8) is 0 Å². The van der Waals surface area contributed by atoms with Crippen molar-refractivity contribution < 1.29 is 0 Å². The maximum absolute atomic E-state index is 4.46. The Morgan fingerprint density at radius 1 is 1.15 bits per heavy atom. The highest BCUT2D eigenvalue weighted by Crippen LogP contribution is 2.25. The van der Waals surface area contributed by atoms with Gasteiger partial charge in [-0.1, -0.05) is 32.1 Å². The highest BCUT2D eigenvalue weighted by molar-refractivity contribution is 7.17. The van der Waals surface area contributed by atoms with Crippen molar-refractivity contribution in [2.75, 3.05) is 44.2 Å². The fourth-order valence-electron chi connectivity index (χ4n) is 3.27. The zero-order valence-electron chi connectivity index (χ0n) is 16.3. The van der Waals surface area contributed by atoms with E-state index in [9.17, 15) is 0 Å². The topological polar surface area (TPSA) is 49.2 Å². The predicted octanol–water partition coefficient (Wildman–Crippen LogP) is 3.00. The molecule has 3 heterocycles. The summed E-state index contributed by atoms with van der Waals surface area (Å²) in [5, 5.41) is 14.5. The molecule has 0 unspecified atom stereocenters. The zero-order valence-corrected chi connectivity index (χ0v) is 17.1. The second-order valence-corrected chi connectivity index (χ2v) is 8.36. The van der Waals surface area contributed by atoms with Crippen molar-refractivity contribution in [3.05, 3.63) is 24.0 Å². The first kappa shape index (κ1) is 19.3. The molecule has 0 aliphatic carbocycles. The first-order valence-corrected chi connectivity index (χ1v) is 10.7. The molecule has 7 heteroatoms. The van der Waals surface area contributed by atoms with Crippen LogP contribution >= 0.6 is 11.3 Å². The van der Waals surface area contributed by atoms with Crippen LogP contribution in [0, 0.1) is 5.92 Å². The molecule has 1 aliphatic heterocycles. The van der Waals surface area contributed by atoms with E-state index in [1.54, 1.807) is 11.3 Å². The van der Waals surface area contributed by atoms with Gasteiger partial charge >= 0.3 is 0 Å². The standard InChI is InChI=1S/C19H32N6S/c1-4-9-23-11-13-24(14-12-23)18-21-22-19(26-18)25-10-5-6-17(25)15-20-8-7-16(2)3/h5-6,10,16,20H,4,7-9,11-15H2,1-3H3. The molecule has 0 bridgehead atoms. The minimum absolute atomic E-state index is 0.734. The largest absolute Gasteiger partial charge is 0.344 e. The number of aromatic nitrogens is 3. The molecule has 1 N–H and O–H groups in total. The zero-order chi connectivity index (χ0) is 18.4. The average Bonchev–Trinajstić information content (AvgIpc) is 3.28. The van der Waals surface area contributed by atoms with E-state index < -0.39 is 0 Å². The number of anilines is 1. The highest BCUT2D eigenvalue weighted by Gasteiger charge is 2.20. The Kier molecular flexibility index (Phi) is 7.05. The number of piperazine rings is 1. The maximum atomic E-state index is 4.46. The minimum Gasteiger partial charge on any atom is -0.344 e. The summed E-state index contributed by atoms with van der Waals surface area (Å²) in [6, 6.07) is 4.25. The van der Waals surface area contributed by atoms with Crippen molar-refractivity contribution in [1.29, 1.82) is 0 Å². The summed E-state index contributed by atoms with van der Waals surface area (Å²) in [5.74, 6) is 0.734. The second-order valence-electron chi connectivity index (χ2n) is 7.42. The summed E-state index contributed by atoms with van der Waals surface area (Å²) >= 11 is 1.69. The molecule has 0 amide bonds. The third-order valence-electron chi connectivity index (χ3n) is 4.83. The van der Waals surface area contributed by atoms with Crippen LogP contribution in [0.25, 0.3) is 5.13 Å². The SMILES string of the molecule is CCCN1CCN(c2nnc(-n3cccc3CNCCC(C)C)s2)CC1. The summed E-state index contributed by atoms with van der Waals surface area (Å²) < 4.78 is 2.16. The van der Waals surface area contributed by atoms with Crippen LogP contribution in [0.15, 0.2) is 18.3 Å². The molecule has 144 valence electrons. The van der Waals surface area contributed by atoms with E-state index >= 15 is 0 Å². The predicted molar refractivity (Wildman–Crippen MR) is 109 cm³/mol. The van der Waals surface area contributed by atoms with Gasteiger partial charge in [-0.3, -0.25) is 9.47 Å². The molecule has 3 rings (SSSR count). The van der Waals surface area contributed by atoms with Gasteiger partial charge in [0.25, 0.3) is 0 Å². The lowest BCUT2D eigenvalue weighted by Gasteiger charge is -2.33. The van der Waals surface area contributed by atoms with Crippen LogP contribution in [0.3, 0.4) is 0 Å². The molecule has 26 heavy (non-hydrogen) atoms. The fourth-order valence-corrected chi connectivity index (χ4v) is 4.18. The minimum atomic E-state index is 0.734. The van der Waals surface area contributed by atoms with Crippen LogP contribution in [-0.4, -0.2) is 58.9 Å². The van der Waals surface area contributed by atoms with Gasteiger partial charge in [0.2, 0.25) is 10.3 Å². The van der Waals surface area contributed by atoms with Crippen molar-refractivity contribution in [1.82, 2.24) is 25.0 Å². The summed E-state index contributed by atoms with van der Waals surface area (Å²) in [6.07, 6.45) is 4.52. The molecule has 2 aromatic heterocycles. The lowest BCUT2D eigenvalue weighted by atomic mass is 10.1. The normalized spacial score (nSPS) is 15.9. The van der Waals surface area contributed by atoms with Gasteiger partial charge in [-0.05, 0) is 44.0 Å². The molecule has 1 fully saturated rings. The molecule has 2 aromatic rings. The van der Waals surface area contributed by atoms with Crippen LogP contribution in [-0.2, 0) is 6.54 Å². The Hall–Kier alpha value is -1.44. The van der Waals surface area contributed by atoms with Crippen LogP contribution in [0.4, 0.5) is 5.13 Å². The quantitative estimate of drug-likeness (QED) is 0.682. The first-order valence-electron chi connectivity index (χ1n) is 9.85. The van der Waals surface area contributed by atoms with E-state index in [4.69, 9.17) is 0 Å². The van der Waals surface area contributed by atoms with Gasteiger partial charge in [0.15, 0.2) is 0 Å². The molecule has 0 saturated carbocycles. The second kappa shape index (κ2) is 9.48. The highest BCUT2D eigenvalue weighted by atomic mass is 32.1. The van der Waals surface area contributed by atoms with Gasteiger partial charge in [0.05, 0.1) is 0 Å². The van der Waals surface area contributed by atoms with E-state index in [1.165, 1.54) is 25.1 Å². The number of nitrogens with zero attached hydrogens (tertiary/aromatic N) is 5. The van der Waals surface area contributed by atoms with Gasteiger partial charge in [-0.15, -0.1) is 10.2 Å². The number of nitrogens with one attached hydrogen (secondary N) is 1. The van der Waals surface area contributed by atoms with E-state index in [0.717, 1.165) is 55.4 Å². The number of hydrogen-bond donors (Lipinski definition) is 1. The number of rotatable bonds is 9. The van der Waals surface area contributed by atoms with E-state index in [2.05, 4.69) is 69.0 Å². The van der Waals surface area contributed by atoms with Gasteiger partial charge in [-0.2, -0.15) is 0 Å². The molecule has 0 spiro atoms. The molecule has 0 atom stereocenters. The lowest BCUT2D eigenvalue weighted by Crippen LogP contribution is -2.46. The smallest absolute Gasteiger partial charge is 0.218 e. The molecule has 6 nitrogen and oxygen atoms in total. The molecule has 0 aromatic carbocycles. The van der Waals surface area contributed by atoms with Gasteiger partial charge in [-0.25, -0.2) is 0 Å². The van der Waals surface area contributed by atoms with Gasteiger partial charge in [0, 0.05) is 44.6 Å². The molecule has 1 aliphatic rings. The first-order chi connectivity index (χ1) is 12.7. The Balaban J connectivity index is 1.58. The van der Waals surface area contributed by atoms with Crippen molar-refractivity contribution in [2.24, 2.45) is 5.92 Å². The molecular formula is C19H32N6S. The Labute approximate surface area is 161 Å². The van der Waals surface area contributed by atoms with Crippen LogP contribution in [0.5, 0.6) is 0 Å². The molecule has 1 saturated heterocycles. The van der Waals surface area contributed by atoms with Crippen LogP contribution < -0.4 is 10.2 Å². The van der Waals surface area contributed by atoms with Crippen molar-refractivity contribution in [2.45, 2.75) is 40.2 Å². The van der Waals surface area contributed by atoms with Crippen LogP contribution in [0.2, 0.25) is 0 Å². The van der Waals surface area contributed by atoms with Crippen molar-refractivity contribution >= 4 is 16.5 Å². The Bertz CT molecular complexity index is 657. The van der Waals surface area contributed by atoms with Gasteiger partial charge < -0.3 is 10.2 Å². The fraction of sp³-hybridized carbons (Fsp3) is 0.684. The monoisotopic (exact) mass is 376 g/mol. The summed E-state index contributed by atoms with van der Waals surface area (Å²) in [7, 11) is 0. The van der Waals surface area contributed by atoms with Crippen LogP contribution in [0.1, 0.15) is 39.3 Å². The van der Waals surface area contributed by atoms with Gasteiger partial charge in [0.1, 0.15) is 0 Å². The lowest BCUT2D eigenvalue weighted by molar-refractivity contribution is 0.258. The van der Waals surface area contributed by atoms with E-state index in [-0.39, 0.29) is 0 Å². The van der Waals surface area contributed by atoms with Crippen molar-refractivity contribution in [3.8, 4) is 5.13 Å². The Morgan fingerprint density at radius 2 is 1.92 bits per heavy atom. The Morgan fingerprint density at radius 3 is 2.65 bits per heavy atom. The molecular weight excluding hydrogens is 344 g/mol. The summed E-state index contributed by atoms with van der Waals surface area (Å²) in [5.41, 5.74) is 1.24. The summed E-state index contributed by atoms with van der Waals surface area (Å²) in [4.78, 5) is 4.91. The maximum Gasteiger partial charge on any atom is 0.218 e. The average molecular weight is 377 g/mol. The molecule has 0 radical (unpaired) electrons. The third-order valence-corrected chi connectivity index (χ3v) is 5.81. The van der Waals surface area contributed by atoms with E-state index in [0.29, 0.717) is 0 Å². The van der Waals surface area contributed by atoms with E-state index in [1.807, 2.05) is 0 Å². The third kappa shape index (κ3) is 5.05.